The summed E-state index contributed by atoms with van der Waals surface area (Å²) in [6.45, 7) is 2.56. The maximum atomic E-state index is 12.5. The quantitative estimate of drug-likeness (QED) is 0.851. The Hall–Kier alpha value is -1.44. The minimum Gasteiger partial charge on any atom is -0.435 e. The van der Waals surface area contributed by atoms with E-state index < -0.39 is 6.61 Å². The number of alkyl halides is 2. The van der Waals surface area contributed by atoms with Crippen molar-refractivity contribution in [1.82, 2.24) is 15.1 Å². The average Bonchev–Trinajstić information content (AvgIpc) is 3.07. The minimum absolute atomic E-state index is 0. The Kier molecular flexibility index (Phi) is 7.40. The Morgan fingerprint density at radius 1 is 1.24 bits per heavy atom. The number of hydrogen-bond donors (Lipinski definition) is 1. The second-order valence-corrected chi connectivity index (χ2v) is 6.23. The van der Waals surface area contributed by atoms with Crippen LogP contribution in [-0.4, -0.2) is 67.6 Å². The SMILES string of the molecule is Cl.O=C(Cc1ccccc1OC(F)F)N1CCC(N2CCNCC2)C1. The fraction of sp³-hybridized carbons (Fsp3) is 0.588. The van der Waals surface area contributed by atoms with Gasteiger partial charge in [-0.15, -0.1) is 12.4 Å². The molecule has 0 saturated carbocycles. The number of likely N-dealkylation sites (tertiary alicyclic amines) is 1. The summed E-state index contributed by atoms with van der Waals surface area (Å²) in [6, 6.07) is 6.90. The van der Waals surface area contributed by atoms with Crippen molar-refractivity contribution >= 4 is 18.3 Å². The molecule has 2 fully saturated rings. The number of amides is 1. The highest BCUT2D eigenvalue weighted by molar-refractivity contribution is 5.85. The number of rotatable bonds is 5. The summed E-state index contributed by atoms with van der Waals surface area (Å²) < 4.78 is 29.4. The van der Waals surface area contributed by atoms with Crippen LogP contribution in [0.5, 0.6) is 5.75 Å². The first-order chi connectivity index (χ1) is 11.6. The third-order valence-electron chi connectivity index (χ3n) is 4.71. The fourth-order valence-electron chi connectivity index (χ4n) is 3.45. The van der Waals surface area contributed by atoms with Crippen molar-refractivity contribution in [1.29, 1.82) is 0 Å². The first-order valence-corrected chi connectivity index (χ1v) is 8.39. The molecular formula is C17H24ClF2N3O2. The van der Waals surface area contributed by atoms with Gasteiger partial charge in [-0.25, -0.2) is 0 Å². The highest BCUT2D eigenvalue weighted by Crippen LogP contribution is 2.23. The first-order valence-electron chi connectivity index (χ1n) is 8.39. The van der Waals surface area contributed by atoms with Crippen molar-refractivity contribution in [3.63, 3.8) is 0 Å². The smallest absolute Gasteiger partial charge is 0.387 e. The minimum atomic E-state index is -2.88. The molecule has 2 aliphatic rings. The number of nitrogens with zero attached hydrogens (tertiary/aromatic N) is 2. The number of halogens is 3. The number of ether oxygens (including phenoxy) is 1. The summed E-state index contributed by atoms with van der Waals surface area (Å²) in [4.78, 5) is 16.8. The van der Waals surface area contributed by atoms with Crippen molar-refractivity contribution in [2.24, 2.45) is 0 Å². The van der Waals surface area contributed by atoms with E-state index in [9.17, 15) is 13.6 Å². The monoisotopic (exact) mass is 375 g/mol. The van der Waals surface area contributed by atoms with Gasteiger partial charge in [0.1, 0.15) is 5.75 Å². The van der Waals surface area contributed by atoms with Crippen LogP contribution in [0.1, 0.15) is 12.0 Å². The van der Waals surface area contributed by atoms with Crippen LogP contribution in [0.2, 0.25) is 0 Å². The van der Waals surface area contributed by atoms with Crippen molar-refractivity contribution in [3.8, 4) is 5.75 Å². The number of nitrogens with one attached hydrogen (secondary N) is 1. The Balaban J connectivity index is 0.00000225. The third kappa shape index (κ3) is 5.26. The van der Waals surface area contributed by atoms with Crippen molar-refractivity contribution in [2.45, 2.75) is 25.5 Å². The van der Waals surface area contributed by atoms with Gasteiger partial charge < -0.3 is 15.0 Å². The maximum Gasteiger partial charge on any atom is 0.387 e. The summed E-state index contributed by atoms with van der Waals surface area (Å²) >= 11 is 0. The molecule has 1 atom stereocenters. The molecule has 1 amide bonds. The number of hydrogen-bond acceptors (Lipinski definition) is 4. The van der Waals surface area contributed by atoms with E-state index in [4.69, 9.17) is 0 Å². The Morgan fingerprint density at radius 3 is 2.68 bits per heavy atom. The molecule has 0 spiro atoms. The summed E-state index contributed by atoms with van der Waals surface area (Å²) in [6.07, 6.45) is 1.07. The molecule has 0 bridgehead atoms. The van der Waals surface area contributed by atoms with E-state index in [1.807, 2.05) is 4.90 Å². The molecule has 140 valence electrons. The van der Waals surface area contributed by atoms with Crippen LogP contribution in [0.25, 0.3) is 0 Å². The Morgan fingerprint density at radius 2 is 1.96 bits per heavy atom. The van der Waals surface area contributed by atoms with Crippen LogP contribution in [-0.2, 0) is 11.2 Å². The molecular weight excluding hydrogens is 352 g/mol. The van der Waals surface area contributed by atoms with E-state index >= 15 is 0 Å². The van der Waals surface area contributed by atoms with Crippen LogP contribution in [0.3, 0.4) is 0 Å². The Bertz CT molecular complexity index is 571. The number of carbonyl (C=O) groups excluding carboxylic acids is 1. The van der Waals surface area contributed by atoms with Gasteiger partial charge in [-0.2, -0.15) is 8.78 Å². The summed E-state index contributed by atoms with van der Waals surface area (Å²) in [5.74, 6) is 0.0525. The van der Waals surface area contributed by atoms with E-state index in [0.29, 0.717) is 11.6 Å². The maximum absolute atomic E-state index is 12.5. The van der Waals surface area contributed by atoms with Gasteiger partial charge in [0.05, 0.1) is 6.42 Å². The topological polar surface area (TPSA) is 44.8 Å². The third-order valence-corrected chi connectivity index (χ3v) is 4.71. The van der Waals surface area contributed by atoms with Gasteiger partial charge in [0.15, 0.2) is 0 Å². The highest BCUT2D eigenvalue weighted by atomic mass is 35.5. The molecule has 0 aliphatic carbocycles. The number of benzene rings is 1. The molecule has 2 saturated heterocycles. The van der Waals surface area contributed by atoms with Gasteiger partial charge in [0, 0.05) is 50.9 Å². The van der Waals surface area contributed by atoms with Crippen molar-refractivity contribution in [3.05, 3.63) is 29.8 Å². The fourth-order valence-corrected chi connectivity index (χ4v) is 3.45. The largest absolute Gasteiger partial charge is 0.435 e. The van der Waals surface area contributed by atoms with Gasteiger partial charge in [0.2, 0.25) is 5.91 Å². The molecule has 2 heterocycles. The molecule has 5 nitrogen and oxygen atoms in total. The van der Waals surface area contributed by atoms with Gasteiger partial charge in [-0.1, -0.05) is 18.2 Å². The molecule has 8 heteroatoms. The normalized spacial score (nSPS) is 21.2. The second-order valence-electron chi connectivity index (χ2n) is 6.23. The number of para-hydroxylation sites is 1. The van der Waals surface area contributed by atoms with Gasteiger partial charge in [0.25, 0.3) is 0 Å². The second kappa shape index (κ2) is 9.31. The van der Waals surface area contributed by atoms with E-state index in [0.717, 1.165) is 45.7 Å². The molecule has 2 aliphatic heterocycles. The highest BCUT2D eigenvalue weighted by Gasteiger charge is 2.31. The molecule has 0 radical (unpaired) electrons. The lowest BCUT2D eigenvalue weighted by Crippen LogP contribution is -2.49. The van der Waals surface area contributed by atoms with Crippen LogP contribution in [0.15, 0.2) is 24.3 Å². The van der Waals surface area contributed by atoms with Crippen molar-refractivity contribution < 1.29 is 18.3 Å². The van der Waals surface area contributed by atoms with E-state index in [1.165, 1.54) is 6.07 Å². The molecule has 0 aromatic heterocycles. The Labute approximate surface area is 152 Å². The molecule has 25 heavy (non-hydrogen) atoms. The molecule has 3 rings (SSSR count). The predicted octanol–water partition coefficient (Wildman–Crippen LogP) is 1.76. The summed E-state index contributed by atoms with van der Waals surface area (Å²) in [7, 11) is 0. The van der Waals surface area contributed by atoms with E-state index in [2.05, 4.69) is 15.0 Å². The zero-order valence-electron chi connectivity index (χ0n) is 14.0. The predicted molar refractivity (Wildman–Crippen MR) is 93.5 cm³/mol. The van der Waals surface area contributed by atoms with Gasteiger partial charge in [-0.05, 0) is 12.5 Å². The number of carbonyl (C=O) groups is 1. The average molecular weight is 376 g/mol. The van der Waals surface area contributed by atoms with Crippen LogP contribution in [0.4, 0.5) is 8.78 Å². The first kappa shape index (κ1) is 19.9. The van der Waals surface area contributed by atoms with Crippen LogP contribution in [0, 0.1) is 0 Å². The zero-order valence-corrected chi connectivity index (χ0v) is 14.8. The van der Waals surface area contributed by atoms with Crippen molar-refractivity contribution in [2.75, 3.05) is 39.3 Å². The standard InChI is InChI=1S/C17H23F2N3O2.ClH/c18-17(19)24-15-4-2-1-3-13(15)11-16(23)22-8-5-14(12-22)21-9-6-20-7-10-21;/h1-4,14,17,20H,5-12H2;1H. The lowest BCUT2D eigenvalue weighted by molar-refractivity contribution is -0.129. The number of piperazine rings is 1. The molecule has 1 aromatic carbocycles. The van der Waals surface area contributed by atoms with Crippen LogP contribution < -0.4 is 10.1 Å². The molecule has 1 unspecified atom stereocenters. The summed E-state index contributed by atoms with van der Waals surface area (Å²) in [5.41, 5.74) is 0.508. The zero-order chi connectivity index (χ0) is 16.9. The lowest BCUT2D eigenvalue weighted by atomic mass is 10.1. The van der Waals surface area contributed by atoms with Gasteiger partial charge in [-0.3, -0.25) is 9.69 Å². The molecule has 1 aromatic rings. The van der Waals surface area contributed by atoms with E-state index in [1.54, 1.807) is 18.2 Å². The summed E-state index contributed by atoms with van der Waals surface area (Å²) in [5, 5.41) is 3.33. The van der Waals surface area contributed by atoms with Gasteiger partial charge >= 0.3 is 6.61 Å². The lowest BCUT2D eigenvalue weighted by Gasteiger charge is -2.32. The van der Waals surface area contributed by atoms with Crippen LogP contribution >= 0.6 is 12.4 Å². The molecule has 1 N–H and O–H groups in total. The van der Waals surface area contributed by atoms with E-state index in [-0.39, 0.29) is 30.5 Å².